The SMILES string of the molecule is CCOc1cccc(NC(=S)N[C@@H](c2ccccc2)c2ccccc2C)c1. The summed E-state index contributed by atoms with van der Waals surface area (Å²) in [5.41, 5.74) is 4.49. The highest BCUT2D eigenvalue weighted by molar-refractivity contribution is 7.80. The van der Waals surface area contributed by atoms with Gasteiger partial charge in [0.15, 0.2) is 5.11 Å². The van der Waals surface area contributed by atoms with Gasteiger partial charge in [-0.3, -0.25) is 0 Å². The Balaban J connectivity index is 1.81. The first-order valence-electron chi connectivity index (χ1n) is 9.08. The summed E-state index contributed by atoms with van der Waals surface area (Å²) >= 11 is 5.60. The van der Waals surface area contributed by atoms with Crippen molar-refractivity contribution in [1.82, 2.24) is 5.32 Å². The highest BCUT2D eigenvalue weighted by Gasteiger charge is 2.17. The van der Waals surface area contributed by atoms with Gasteiger partial charge in [0.2, 0.25) is 0 Å². The first-order valence-corrected chi connectivity index (χ1v) is 9.49. The van der Waals surface area contributed by atoms with Gasteiger partial charge in [0, 0.05) is 11.8 Å². The molecule has 0 aliphatic heterocycles. The predicted octanol–water partition coefficient (Wildman–Crippen LogP) is 5.47. The number of anilines is 1. The van der Waals surface area contributed by atoms with Crippen LogP contribution in [0.4, 0.5) is 5.69 Å². The van der Waals surface area contributed by atoms with E-state index in [1.807, 2.05) is 49.4 Å². The second-order valence-electron chi connectivity index (χ2n) is 6.26. The van der Waals surface area contributed by atoms with E-state index in [0.717, 1.165) is 11.4 Å². The zero-order valence-corrected chi connectivity index (χ0v) is 16.4. The Morgan fingerprint density at radius 3 is 2.44 bits per heavy atom. The molecule has 3 rings (SSSR count). The summed E-state index contributed by atoms with van der Waals surface area (Å²) in [6.45, 7) is 4.73. The first kappa shape index (κ1) is 18.9. The number of hydrogen-bond acceptors (Lipinski definition) is 2. The normalized spacial score (nSPS) is 11.5. The fourth-order valence-electron chi connectivity index (χ4n) is 3.03. The number of nitrogens with one attached hydrogen (secondary N) is 2. The third-order valence-electron chi connectivity index (χ3n) is 4.31. The van der Waals surface area contributed by atoms with Crippen LogP contribution in [0.3, 0.4) is 0 Å². The fourth-order valence-corrected chi connectivity index (χ4v) is 3.26. The minimum atomic E-state index is -0.0255. The van der Waals surface area contributed by atoms with Gasteiger partial charge < -0.3 is 15.4 Å². The predicted molar refractivity (Wildman–Crippen MR) is 116 cm³/mol. The molecule has 3 nitrogen and oxygen atoms in total. The van der Waals surface area contributed by atoms with Crippen LogP contribution in [0.2, 0.25) is 0 Å². The highest BCUT2D eigenvalue weighted by Crippen LogP contribution is 2.25. The van der Waals surface area contributed by atoms with E-state index in [0.29, 0.717) is 11.7 Å². The Hall–Kier alpha value is -2.85. The van der Waals surface area contributed by atoms with Crippen LogP contribution in [0.15, 0.2) is 78.9 Å². The van der Waals surface area contributed by atoms with Crippen LogP contribution < -0.4 is 15.4 Å². The second kappa shape index (κ2) is 9.19. The quantitative estimate of drug-likeness (QED) is 0.559. The van der Waals surface area contributed by atoms with Crippen LogP contribution in [0, 0.1) is 6.92 Å². The van der Waals surface area contributed by atoms with Gasteiger partial charge in [0.1, 0.15) is 5.75 Å². The Bertz CT molecular complexity index is 896. The van der Waals surface area contributed by atoms with Crippen LogP contribution in [0.5, 0.6) is 5.75 Å². The largest absolute Gasteiger partial charge is 0.494 e. The molecule has 3 aromatic carbocycles. The minimum Gasteiger partial charge on any atom is -0.494 e. The third kappa shape index (κ3) is 5.08. The van der Waals surface area contributed by atoms with Gasteiger partial charge in [-0.15, -0.1) is 0 Å². The number of ether oxygens (including phenoxy) is 1. The lowest BCUT2D eigenvalue weighted by Crippen LogP contribution is -2.33. The summed E-state index contributed by atoms with van der Waals surface area (Å²) in [5, 5.41) is 7.31. The molecule has 138 valence electrons. The van der Waals surface area contributed by atoms with Gasteiger partial charge in [-0.05, 0) is 54.9 Å². The van der Waals surface area contributed by atoms with Gasteiger partial charge in [0.25, 0.3) is 0 Å². The molecule has 0 spiro atoms. The Kier molecular flexibility index (Phi) is 6.44. The molecule has 3 aromatic rings. The lowest BCUT2D eigenvalue weighted by Gasteiger charge is -2.23. The van der Waals surface area contributed by atoms with Crippen LogP contribution >= 0.6 is 12.2 Å². The Morgan fingerprint density at radius 1 is 0.963 bits per heavy atom. The van der Waals surface area contributed by atoms with Crippen molar-refractivity contribution in [2.75, 3.05) is 11.9 Å². The topological polar surface area (TPSA) is 33.3 Å². The van der Waals surface area contributed by atoms with E-state index in [2.05, 4.69) is 54.0 Å². The zero-order chi connectivity index (χ0) is 19.1. The van der Waals surface area contributed by atoms with Crippen LogP contribution in [-0.2, 0) is 0 Å². The standard InChI is InChI=1S/C23H24N2OS/c1-3-26-20-14-9-13-19(16-20)24-23(27)25-22(18-11-5-4-6-12-18)21-15-8-7-10-17(21)2/h4-16,22H,3H2,1-2H3,(H2,24,25,27)/t22-/m0/s1. The van der Waals surface area contributed by atoms with E-state index in [-0.39, 0.29) is 6.04 Å². The molecular formula is C23H24N2OS. The molecule has 0 aliphatic carbocycles. The van der Waals surface area contributed by atoms with Gasteiger partial charge >= 0.3 is 0 Å². The number of aryl methyl sites for hydroxylation is 1. The van der Waals surface area contributed by atoms with E-state index in [4.69, 9.17) is 17.0 Å². The molecule has 0 saturated carbocycles. The lowest BCUT2D eigenvalue weighted by atomic mass is 9.95. The van der Waals surface area contributed by atoms with Gasteiger partial charge in [-0.25, -0.2) is 0 Å². The lowest BCUT2D eigenvalue weighted by molar-refractivity contribution is 0.340. The van der Waals surface area contributed by atoms with Crippen LogP contribution in [0.1, 0.15) is 29.7 Å². The molecule has 0 radical (unpaired) electrons. The van der Waals surface area contributed by atoms with Crippen LogP contribution in [0.25, 0.3) is 0 Å². The molecule has 0 bridgehead atoms. The van der Waals surface area contributed by atoms with Crippen LogP contribution in [-0.4, -0.2) is 11.7 Å². The molecule has 0 saturated heterocycles. The molecular weight excluding hydrogens is 352 g/mol. The minimum absolute atomic E-state index is 0.0255. The molecule has 0 unspecified atom stereocenters. The maximum absolute atomic E-state index is 5.60. The summed E-state index contributed by atoms with van der Waals surface area (Å²) in [7, 11) is 0. The van der Waals surface area contributed by atoms with Gasteiger partial charge in [0.05, 0.1) is 12.6 Å². The van der Waals surface area contributed by atoms with E-state index in [1.54, 1.807) is 0 Å². The molecule has 0 heterocycles. The summed E-state index contributed by atoms with van der Waals surface area (Å²) < 4.78 is 5.56. The molecule has 0 fully saturated rings. The maximum Gasteiger partial charge on any atom is 0.171 e. The molecule has 0 aliphatic rings. The number of benzene rings is 3. The Morgan fingerprint density at radius 2 is 1.70 bits per heavy atom. The van der Waals surface area contributed by atoms with Crippen molar-refractivity contribution in [2.45, 2.75) is 19.9 Å². The average Bonchev–Trinajstić information content (AvgIpc) is 2.68. The number of hydrogen-bond donors (Lipinski definition) is 2. The maximum atomic E-state index is 5.60. The van der Waals surface area contributed by atoms with E-state index >= 15 is 0 Å². The highest BCUT2D eigenvalue weighted by atomic mass is 32.1. The van der Waals surface area contributed by atoms with E-state index in [1.165, 1.54) is 16.7 Å². The number of thiocarbonyl (C=S) groups is 1. The van der Waals surface area contributed by atoms with Crippen molar-refractivity contribution >= 4 is 23.0 Å². The molecule has 0 aromatic heterocycles. The zero-order valence-electron chi connectivity index (χ0n) is 15.6. The third-order valence-corrected chi connectivity index (χ3v) is 4.53. The monoisotopic (exact) mass is 376 g/mol. The average molecular weight is 377 g/mol. The summed E-state index contributed by atoms with van der Waals surface area (Å²) in [4.78, 5) is 0. The van der Waals surface area contributed by atoms with E-state index in [9.17, 15) is 0 Å². The smallest absolute Gasteiger partial charge is 0.171 e. The summed E-state index contributed by atoms with van der Waals surface area (Å²) in [6.07, 6.45) is 0. The van der Waals surface area contributed by atoms with Crippen molar-refractivity contribution in [1.29, 1.82) is 0 Å². The van der Waals surface area contributed by atoms with E-state index < -0.39 is 0 Å². The van der Waals surface area contributed by atoms with Crippen molar-refractivity contribution in [3.8, 4) is 5.75 Å². The van der Waals surface area contributed by atoms with Crippen molar-refractivity contribution < 1.29 is 4.74 Å². The summed E-state index contributed by atoms with van der Waals surface area (Å²) in [6, 6.07) is 26.5. The van der Waals surface area contributed by atoms with Gasteiger partial charge in [-0.2, -0.15) is 0 Å². The fraction of sp³-hybridized carbons (Fsp3) is 0.174. The van der Waals surface area contributed by atoms with Crippen molar-refractivity contribution in [3.05, 3.63) is 95.6 Å². The molecule has 27 heavy (non-hydrogen) atoms. The molecule has 1 atom stereocenters. The van der Waals surface area contributed by atoms with Crippen molar-refractivity contribution in [2.24, 2.45) is 0 Å². The number of rotatable bonds is 6. The molecule has 2 N–H and O–H groups in total. The first-order chi connectivity index (χ1) is 13.2. The molecule has 4 heteroatoms. The summed E-state index contributed by atoms with van der Waals surface area (Å²) in [5.74, 6) is 0.823. The van der Waals surface area contributed by atoms with Crippen molar-refractivity contribution in [3.63, 3.8) is 0 Å². The van der Waals surface area contributed by atoms with Gasteiger partial charge in [-0.1, -0.05) is 60.7 Å². The Labute approximate surface area is 166 Å². The second-order valence-corrected chi connectivity index (χ2v) is 6.67. The molecule has 0 amide bonds.